The summed E-state index contributed by atoms with van der Waals surface area (Å²) in [5.41, 5.74) is 3.81. The average molecular weight is 498 g/mol. The lowest BCUT2D eigenvalue weighted by Gasteiger charge is -2.27. The molecule has 3 aromatic carbocycles. The van der Waals surface area contributed by atoms with E-state index >= 15 is 0 Å². The molecule has 1 N–H and O–H groups in total. The van der Waals surface area contributed by atoms with Crippen LogP contribution in [0.15, 0.2) is 90.2 Å². The summed E-state index contributed by atoms with van der Waals surface area (Å²) in [5, 5.41) is 10.9. The molecular formula is C31H31NO5. The number of benzene rings is 3. The molecule has 0 saturated carbocycles. The third-order valence-electron chi connectivity index (χ3n) is 6.59. The second-order valence-corrected chi connectivity index (χ2v) is 8.81. The summed E-state index contributed by atoms with van der Waals surface area (Å²) in [6, 6.07) is 22.2. The Kier molecular flexibility index (Phi) is 8.08. The Morgan fingerprint density at radius 1 is 0.946 bits per heavy atom. The number of ketones is 1. The van der Waals surface area contributed by atoms with Crippen molar-refractivity contribution in [2.24, 2.45) is 0 Å². The van der Waals surface area contributed by atoms with Gasteiger partial charge < -0.3 is 19.5 Å². The number of carbonyl (C=O) groups excluding carboxylic acids is 2. The van der Waals surface area contributed by atoms with Crippen LogP contribution in [0.3, 0.4) is 0 Å². The Labute approximate surface area is 217 Å². The van der Waals surface area contributed by atoms with Gasteiger partial charge in [-0.1, -0.05) is 73.7 Å². The van der Waals surface area contributed by atoms with E-state index in [1.165, 1.54) is 6.08 Å². The molecule has 1 amide bonds. The van der Waals surface area contributed by atoms with E-state index in [0.717, 1.165) is 28.7 Å². The van der Waals surface area contributed by atoms with Crippen LogP contribution in [-0.4, -0.2) is 42.5 Å². The maximum absolute atomic E-state index is 13.3. The lowest BCUT2D eigenvalue weighted by Crippen LogP contribution is -2.33. The normalized spacial score (nSPS) is 15.5. The van der Waals surface area contributed by atoms with E-state index < -0.39 is 23.5 Å². The first kappa shape index (κ1) is 25.8. The van der Waals surface area contributed by atoms with Crippen molar-refractivity contribution in [2.45, 2.75) is 25.8 Å². The van der Waals surface area contributed by atoms with Crippen molar-refractivity contribution in [3.8, 4) is 11.5 Å². The third kappa shape index (κ3) is 5.59. The maximum Gasteiger partial charge on any atom is 0.290 e. The molecule has 37 heavy (non-hydrogen) atoms. The van der Waals surface area contributed by atoms with Crippen molar-refractivity contribution in [1.82, 2.24) is 4.90 Å². The van der Waals surface area contributed by atoms with Gasteiger partial charge in [-0.2, -0.15) is 0 Å². The van der Waals surface area contributed by atoms with Gasteiger partial charge in [-0.15, -0.1) is 0 Å². The second kappa shape index (κ2) is 11.6. The number of nitrogens with zero attached hydrogens (tertiary/aromatic N) is 1. The third-order valence-corrected chi connectivity index (χ3v) is 6.59. The number of aryl methyl sites for hydroxylation is 1. The van der Waals surface area contributed by atoms with Crippen LogP contribution >= 0.6 is 0 Å². The molecule has 6 nitrogen and oxygen atoms in total. The van der Waals surface area contributed by atoms with Gasteiger partial charge in [0.2, 0.25) is 0 Å². The summed E-state index contributed by atoms with van der Waals surface area (Å²) in [7, 11) is 3.15. The van der Waals surface area contributed by atoms with Gasteiger partial charge in [0.15, 0.2) is 23.0 Å². The Bertz CT molecular complexity index is 1330. The van der Waals surface area contributed by atoms with Gasteiger partial charge >= 0.3 is 0 Å². The fourth-order valence-electron chi connectivity index (χ4n) is 4.53. The minimum absolute atomic E-state index is 0.0914. The number of aliphatic hydroxyl groups is 1. The van der Waals surface area contributed by atoms with E-state index in [4.69, 9.17) is 9.47 Å². The molecule has 0 fully saturated rings. The van der Waals surface area contributed by atoms with Crippen LogP contribution in [0.4, 0.5) is 0 Å². The van der Waals surface area contributed by atoms with Gasteiger partial charge in [-0.25, -0.2) is 0 Å². The molecule has 6 heteroatoms. The second-order valence-electron chi connectivity index (χ2n) is 8.81. The van der Waals surface area contributed by atoms with E-state index in [1.54, 1.807) is 25.2 Å². The molecule has 0 bridgehead atoms. The van der Waals surface area contributed by atoms with E-state index in [1.807, 2.05) is 72.8 Å². The monoisotopic (exact) mass is 497 g/mol. The first-order chi connectivity index (χ1) is 18.0. The Morgan fingerprint density at radius 3 is 2.27 bits per heavy atom. The summed E-state index contributed by atoms with van der Waals surface area (Å²) >= 11 is 0. The van der Waals surface area contributed by atoms with Crippen LogP contribution in [0.2, 0.25) is 0 Å². The Morgan fingerprint density at radius 2 is 1.62 bits per heavy atom. The number of carbonyl (C=O) groups is 2. The van der Waals surface area contributed by atoms with E-state index in [-0.39, 0.29) is 5.57 Å². The number of amides is 1. The standard InChI is InChI=1S/C31H31NO5/c1-4-21-10-14-24(15-11-21)29-28(25(33)16-12-22-8-6-5-7-9-22)30(34)31(35)32(29)19-18-23-13-17-26(36-2)27(20-23)37-3/h5-17,20,29,34H,4,18-19H2,1-3H3/b16-12+/t29-/m1/s1. The molecule has 0 spiro atoms. The molecule has 4 rings (SSSR count). The molecular weight excluding hydrogens is 466 g/mol. The SMILES string of the molecule is CCc1ccc([C@@H]2C(C(=O)/C=C/c3ccccc3)=C(O)C(=O)N2CCc2ccc(OC)c(OC)c2)cc1. The predicted octanol–water partition coefficient (Wildman–Crippen LogP) is 5.49. The minimum Gasteiger partial charge on any atom is -0.503 e. The number of allylic oxidation sites excluding steroid dienone is 1. The zero-order chi connectivity index (χ0) is 26.4. The fraction of sp³-hybridized carbons (Fsp3) is 0.226. The minimum atomic E-state index is -0.688. The molecule has 1 heterocycles. The molecule has 0 saturated heterocycles. The van der Waals surface area contributed by atoms with Crippen LogP contribution in [0, 0.1) is 0 Å². The van der Waals surface area contributed by atoms with Crippen molar-refractivity contribution in [1.29, 1.82) is 0 Å². The number of aliphatic hydroxyl groups excluding tert-OH is 1. The molecule has 0 aliphatic carbocycles. The quantitative estimate of drug-likeness (QED) is 0.375. The summed E-state index contributed by atoms with van der Waals surface area (Å²) in [5.74, 6) is -0.230. The highest BCUT2D eigenvalue weighted by Gasteiger charge is 2.42. The van der Waals surface area contributed by atoms with Gasteiger partial charge in [0.1, 0.15) is 0 Å². The lowest BCUT2D eigenvalue weighted by atomic mass is 9.94. The van der Waals surface area contributed by atoms with Gasteiger partial charge in [-0.3, -0.25) is 9.59 Å². The molecule has 1 aliphatic rings. The summed E-state index contributed by atoms with van der Waals surface area (Å²) in [4.78, 5) is 28.2. The van der Waals surface area contributed by atoms with Gasteiger partial charge in [-0.05, 0) is 53.3 Å². The van der Waals surface area contributed by atoms with Crippen LogP contribution in [0.1, 0.15) is 35.2 Å². The first-order valence-corrected chi connectivity index (χ1v) is 12.3. The smallest absolute Gasteiger partial charge is 0.290 e. The highest BCUT2D eigenvalue weighted by molar-refractivity contribution is 6.14. The zero-order valence-corrected chi connectivity index (χ0v) is 21.3. The van der Waals surface area contributed by atoms with Gasteiger partial charge in [0.25, 0.3) is 5.91 Å². The zero-order valence-electron chi connectivity index (χ0n) is 21.3. The highest BCUT2D eigenvalue weighted by atomic mass is 16.5. The number of hydrogen-bond donors (Lipinski definition) is 1. The van der Waals surface area contributed by atoms with Crippen LogP contribution < -0.4 is 9.47 Å². The van der Waals surface area contributed by atoms with Crippen molar-refractivity contribution < 1.29 is 24.2 Å². The molecule has 0 aromatic heterocycles. The predicted molar refractivity (Wildman–Crippen MR) is 144 cm³/mol. The van der Waals surface area contributed by atoms with Gasteiger partial charge in [0, 0.05) is 6.54 Å². The van der Waals surface area contributed by atoms with Crippen molar-refractivity contribution in [2.75, 3.05) is 20.8 Å². The maximum atomic E-state index is 13.3. The number of ether oxygens (including phenoxy) is 2. The summed E-state index contributed by atoms with van der Waals surface area (Å²) in [6.45, 7) is 2.37. The summed E-state index contributed by atoms with van der Waals surface area (Å²) < 4.78 is 10.7. The topological polar surface area (TPSA) is 76.1 Å². The number of rotatable bonds is 10. The van der Waals surface area contributed by atoms with Gasteiger partial charge in [0.05, 0.1) is 25.8 Å². The van der Waals surface area contributed by atoms with Crippen LogP contribution in [0.5, 0.6) is 11.5 Å². The fourth-order valence-corrected chi connectivity index (χ4v) is 4.53. The van der Waals surface area contributed by atoms with Crippen molar-refractivity contribution in [3.63, 3.8) is 0 Å². The van der Waals surface area contributed by atoms with Crippen LogP contribution in [-0.2, 0) is 22.4 Å². The molecule has 190 valence electrons. The average Bonchev–Trinajstić information content (AvgIpc) is 3.20. The lowest BCUT2D eigenvalue weighted by molar-refractivity contribution is -0.129. The first-order valence-electron chi connectivity index (χ1n) is 12.3. The molecule has 0 unspecified atom stereocenters. The van der Waals surface area contributed by atoms with E-state index in [2.05, 4.69) is 6.92 Å². The Hall–Kier alpha value is -4.32. The Balaban J connectivity index is 1.65. The van der Waals surface area contributed by atoms with Crippen molar-refractivity contribution >= 4 is 17.8 Å². The molecule has 1 atom stereocenters. The highest BCUT2D eigenvalue weighted by Crippen LogP contribution is 2.38. The van der Waals surface area contributed by atoms with Crippen LogP contribution in [0.25, 0.3) is 6.08 Å². The number of methoxy groups -OCH3 is 2. The molecule has 3 aromatic rings. The van der Waals surface area contributed by atoms with E-state index in [0.29, 0.717) is 24.5 Å². The molecule has 1 aliphatic heterocycles. The summed E-state index contributed by atoms with van der Waals surface area (Å²) in [6.07, 6.45) is 4.49. The van der Waals surface area contributed by atoms with Crippen molar-refractivity contribution in [3.05, 3.63) is 112 Å². The largest absolute Gasteiger partial charge is 0.503 e. The molecule has 0 radical (unpaired) electrons. The number of hydrogen-bond acceptors (Lipinski definition) is 5. The van der Waals surface area contributed by atoms with E-state index in [9.17, 15) is 14.7 Å².